The highest BCUT2D eigenvalue weighted by atomic mass is 16.5. The number of anilines is 1. The number of carbonyl (C=O) groups excluding carboxylic acids is 1. The summed E-state index contributed by atoms with van der Waals surface area (Å²) in [4.78, 5) is 20.0. The predicted octanol–water partition coefficient (Wildman–Crippen LogP) is 2.03. The average Bonchev–Trinajstić information content (AvgIpc) is 3.03. The molecule has 1 aliphatic rings. The van der Waals surface area contributed by atoms with Crippen molar-refractivity contribution in [2.45, 2.75) is 27.2 Å². The van der Waals surface area contributed by atoms with Crippen LogP contribution in [0.1, 0.15) is 36.3 Å². The fraction of sp³-hybridized carbons (Fsp3) is 0.615. The Labute approximate surface area is 107 Å². The molecule has 0 bridgehead atoms. The van der Waals surface area contributed by atoms with Gasteiger partial charge in [-0.15, -0.1) is 0 Å². The van der Waals surface area contributed by atoms with E-state index < -0.39 is 0 Å². The molecule has 0 aromatic carbocycles. The van der Waals surface area contributed by atoms with E-state index in [-0.39, 0.29) is 5.97 Å². The number of hydrogen-bond donors (Lipinski definition) is 1. The molecule has 5 nitrogen and oxygen atoms in total. The number of aromatic nitrogens is 2. The van der Waals surface area contributed by atoms with Crippen LogP contribution in [0.5, 0.6) is 0 Å². The fourth-order valence-corrected chi connectivity index (χ4v) is 1.87. The lowest BCUT2D eigenvalue weighted by molar-refractivity contribution is 0.0524. The van der Waals surface area contributed by atoms with Gasteiger partial charge in [-0.2, -0.15) is 0 Å². The molecular formula is C13H19N3O2. The van der Waals surface area contributed by atoms with Crippen molar-refractivity contribution in [2.24, 2.45) is 11.8 Å². The highest BCUT2D eigenvalue weighted by molar-refractivity contribution is 5.90. The lowest BCUT2D eigenvalue weighted by Crippen LogP contribution is -2.12. The van der Waals surface area contributed by atoms with Crippen molar-refractivity contribution in [1.29, 1.82) is 0 Å². The van der Waals surface area contributed by atoms with Crippen LogP contribution in [0.2, 0.25) is 0 Å². The number of carbonyl (C=O) groups is 1. The third kappa shape index (κ3) is 2.97. The Morgan fingerprint density at radius 1 is 1.61 bits per heavy atom. The van der Waals surface area contributed by atoms with Gasteiger partial charge in [-0.1, -0.05) is 6.92 Å². The molecular weight excluding hydrogens is 230 g/mol. The number of esters is 1. The molecule has 1 aromatic rings. The minimum absolute atomic E-state index is 0.359. The lowest BCUT2D eigenvalue weighted by atomic mass is 10.2. The molecule has 0 amide bonds. The first-order chi connectivity index (χ1) is 8.61. The predicted molar refractivity (Wildman–Crippen MR) is 68.5 cm³/mol. The second-order valence-corrected chi connectivity index (χ2v) is 4.77. The van der Waals surface area contributed by atoms with Crippen molar-refractivity contribution in [3.05, 3.63) is 17.5 Å². The van der Waals surface area contributed by atoms with Crippen molar-refractivity contribution in [3.63, 3.8) is 0 Å². The number of ether oxygens (including phenoxy) is 1. The number of rotatable bonds is 5. The zero-order chi connectivity index (χ0) is 13.1. The molecule has 18 heavy (non-hydrogen) atoms. The van der Waals surface area contributed by atoms with Crippen molar-refractivity contribution in [3.8, 4) is 0 Å². The second-order valence-electron chi connectivity index (χ2n) is 4.77. The van der Waals surface area contributed by atoms with Crippen molar-refractivity contribution in [1.82, 2.24) is 9.97 Å². The Morgan fingerprint density at radius 2 is 2.33 bits per heavy atom. The van der Waals surface area contributed by atoms with Crippen LogP contribution in [-0.2, 0) is 4.74 Å². The average molecular weight is 249 g/mol. The molecule has 2 rings (SSSR count). The van der Waals surface area contributed by atoms with Gasteiger partial charge in [-0.25, -0.2) is 14.8 Å². The molecule has 2 unspecified atom stereocenters. The summed E-state index contributed by atoms with van der Waals surface area (Å²) in [6, 6.07) is 0. The zero-order valence-electron chi connectivity index (χ0n) is 11.1. The molecule has 1 N–H and O–H groups in total. The van der Waals surface area contributed by atoms with E-state index in [4.69, 9.17) is 4.74 Å². The topological polar surface area (TPSA) is 64.1 Å². The summed E-state index contributed by atoms with van der Waals surface area (Å²) in [5.74, 6) is 1.76. The van der Waals surface area contributed by atoms with Crippen LogP contribution in [0, 0.1) is 18.8 Å². The second kappa shape index (κ2) is 5.33. The van der Waals surface area contributed by atoms with E-state index in [2.05, 4.69) is 22.2 Å². The summed E-state index contributed by atoms with van der Waals surface area (Å²) >= 11 is 0. The third-order valence-electron chi connectivity index (χ3n) is 3.27. The molecule has 1 saturated carbocycles. The first-order valence-electron chi connectivity index (χ1n) is 6.36. The molecule has 0 radical (unpaired) electrons. The van der Waals surface area contributed by atoms with E-state index in [1.165, 1.54) is 12.6 Å². The molecule has 1 aromatic heterocycles. The van der Waals surface area contributed by atoms with Crippen LogP contribution in [0.3, 0.4) is 0 Å². The van der Waals surface area contributed by atoms with Gasteiger partial charge in [0.15, 0.2) is 0 Å². The molecule has 1 aliphatic carbocycles. The monoisotopic (exact) mass is 249 g/mol. The zero-order valence-corrected chi connectivity index (χ0v) is 11.1. The number of aryl methyl sites for hydroxylation is 1. The largest absolute Gasteiger partial charge is 0.462 e. The van der Waals surface area contributed by atoms with Crippen LogP contribution in [0.15, 0.2) is 6.20 Å². The Kier molecular flexibility index (Phi) is 3.79. The smallest absolute Gasteiger partial charge is 0.341 e. The molecule has 0 spiro atoms. The lowest BCUT2D eigenvalue weighted by Gasteiger charge is -2.07. The van der Waals surface area contributed by atoms with E-state index in [0.717, 1.165) is 18.4 Å². The summed E-state index contributed by atoms with van der Waals surface area (Å²) in [7, 11) is 0. The van der Waals surface area contributed by atoms with Gasteiger partial charge in [0, 0.05) is 12.7 Å². The Hall–Kier alpha value is -1.65. The summed E-state index contributed by atoms with van der Waals surface area (Å²) in [5, 5.41) is 3.20. The van der Waals surface area contributed by atoms with Crippen LogP contribution >= 0.6 is 0 Å². The molecule has 1 fully saturated rings. The van der Waals surface area contributed by atoms with Crippen LogP contribution in [-0.4, -0.2) is 29.1 Å². The van der Waals surface area contributed by atoms with Crippen molar-refractivity contribution >= 4 is 11.9 Å². The summed E-state index contributed by atoms with van der Waals surface area (Å²) in [6.07, 6.45) is 2.80. The standard InChI is InChI=1S/C13H19N3O2/c1-4-18-12(17)11-7-15-13(16-9(11)3)14-6-10-5-8(10)2/h7-8,10H,4-6H2,1-3H3,(H,14,15,16). The van der Waals surface area contributed by atoms with Crippen molar-refractivity contribution < 1.29 is 9.53 Å². The van der Waals surface area contributed by atoms with Crippen LogP contribution < -0.4 is 5.32 Å². The van der Waals surface area contributed by atoms with Gasteiger partial charge >= 0.3 is 5.97 Å². The number of nitrogens with zero attached hydrogens (tertiary/aromatic N) is 2. The maximum Gasteiger partial charge on any atom is 0.341 e. The SMILES string of the molecule is CCOC(=O)c1cnc(NCC2CC2C)nc1C. The van der Waals surface area contributed by atoms with E-state index >= 15 is 0 Å². The first-order valence-corrected chi connectivity index (χ1v) is 6.36. The van der Waals surface area contributed by atoms with Gasteiger partial charge in [0.1, 0.15) is 0 Å². The van der Waals surface area contributed by atoms with Crippen molar-refractivity contribution in [2.75, 3.05) is 18.5 Å². The Morgan fingerprint density at radius 3 is 2.89 bits per heavy atom. The molecule has 98 valence electrons. The van der Waals surface area contributed by atoms with E-state index in [0.29, 0.717) is 23.8 Å². The quantitative estimate of drug-likeness (QED) is 0.809. The number of hydrogen-bond acceptors (Lipinski definition) is 5. The van der Waals surface area contributed by atoms with Crippen LogP contribution in [0.25, 0.3) is 0 Å². The minimum atomic E-state index is -0.364. The maximum absolute atomic E-state index is 11.6. The summed E-state index contributed by atoms with van der Waals surface area (Å²) in [6.45, 7) is 7.07. The summed E-state index contributed by atoms with van der Waals surface area (Å²) < 4.78 is 4.93. The summed E-state index contributed by atoms with van der Waals surface area (Å²) in [5.41, 5.74) is 1.08. The van der Waals surface area contributed by atoms with Crippen LogP contribution in [0.4, 0.5) is 5.95 Å². The molecule has 0 saturated heterocycles. The van der Waals surface area contributed by atoms with Gasteiger partial charge in [0.05, 0.1) is 17.9 Å². The maximum atomic E-state index is 11.6. The highest BCUT2D eigenvalue weighted by Crippen LogP contribution is 2.37. The van der Waals surface area contributed by atoms with E-state index in [1.54, 1.807) is 13.8 Å². The molecule has 2 atom stereocenters. The normalized spacial score (nSPS) is 21.5. The van der Waals surface area contributed by atoms with Gasteiger partial charge in [-0.3, -0.25) is 0 Å². The Bertz CT molecular complexity index is 448. The van der Waals surface area contributed by atoms with Gasteiger partial charge in [-0.05, 0) is 32.1 Å². The molecule has 0 aliphatic heterocycles. The van der Waals surface area contributed by atoms with E-state index in [9.17, 15) is 4.79 Å². The Balaban J connectivity index is 1.97. The fourth-order valence-electron chi connectivity index (χ4n) is 1.87. The molecule has 1 heterocycles. The van der Waals surface area contributed by atoms with E-state index in [1.807, 2.05) is 0 Å². The highest BCUT2D eigenvalue weighted by Gasteiger charge is 2.32. The third-order valence-corrected chi connectivity index (χ3v) is 3.27. The van der Waals surface area contributed by atoms with Gasteiger partial charge < -0.3 is 10.1 Å². The first kappa shape index (κ1) is 12.8. The number of nitrogens with one attached hydrogen (secondary N) is 1. The molecule has 5 heteroatoms. The van der Waals surface area contributed by atoms with Gasteiger partial charge in [0.25, 0.3) is 0 Å². The minimum Gasteiger partial charge on any atom is -0.462 e. The van der Waals surface area contributed by atoms with Gasteiger partial charge in [0.2, 0.25) is 5.95 Å².